The minimum atomic E-state index is -1.82. The van der Waals surface area contributed by atoms with Crippen LogP contribution >= 0.6 is 11.3 Å². The third-order valence-electron chi connectivity index (χ3n) is 2.79. The lowest BCUT2D eigenvalue weighted by Crippen LogP contribution is -2.34. The first-order valence-electron chi connectivity index (χ1n) is 5.64. The molecule has 2 heterocycles. The Kier molecular flexibility index (Phi) is 3.42. The Hall–Kier alpha value is -2.47. The van der Waals surface area contributed by atoms with Crippen molar-refractivity contribution in [3.63, 3.8) is 0 Å². The van der Waals surface area contributed by atoms with Crippen LogP contribution in [0.3, 0.4) is 0 Å². The number of nitriles is 1. The number of aromatic nitrogens is 2. The molecule has 2 aromatic rings. The lowest BCUT2D eigenvalue weighted by molar-refractivity contribution is -0.391. The summed E-state index contributed by atoms with van der Waals surface area (Å²) in [6, 6.07) is 1.78. The van der Waals surface area contributed by atoms with E-state index in [2.05, 4.69) is 4.98 Å². The Morgan fingerprint density at radius 1 is 1.75 bits per heavy atom. The zero-order valence-corrected chi connectivity index (χ0v) is 11.5. The number of fused-ring (bicyclic) bond motifs is 1. The van der Waals surface area contributed by atoms with Crippen LogP contribution in [0.5, 0.6) is 0 Å². The van der Waals surface area contributed by atoms with E-state index >= 15 is 0 Å². The number of hydrogen-bond acceptors (Lipinski definition) is 7. The molecule has 0 aliphatic heterocycles. The summed E-state index contributed by atoms with van der Waals surface area (Å²) in [6.07, 6.45) is 1.47. The third kappa shape index (κ3) is 1.90. The Bertz CT molecular complexity index is 728. The number of carbonyl (C=O) groups excluding carboxylic acids is 1. The molecule has 0 bridgehead atoms. The fourth-order valence-electron chi connectivity index (χ4n) is 1.75. The molecule has 20 heavy (non-hydrogen) atoms. The molecule has 2 rings (SSSR count). The summed E-state index contributed by atoms with van der Waals surface area (Å²) < 4.78 is 6.07. The number of nitro groups is 1. The molecule has 0 saturated carbocycles. The van der Waals surface area contributed by atoms with E-state index in [4.69, 9.17) is 4.74 Å². The summed E-state index contributed by atoms with van der Waals surface area (Å²) in [7, 11) is 0. The summed E-state index contributed by atoms with van der Waals surface area (Å²) in [6.45, 7) is 2.94. The van der Waals surface area contributed by atoms with Gasteiger partial charge in [-0.15, -0.1) is 0 Å². The normalized spacial score (nSPS) is 13.7. The summed E-state index contributed by atoms with van der Waals surface area (Å²) in [4.78, 5) is 26.9. The number of carbonyl (C=O) groups is 1. The highest BCUT2D eigenvalue weighted by molar-refractivity contribution is 7.15. The summed E-state index contributed by atoms with van der Waals surface area (Å²) in [5, 5.41) is 22.1. The maximum Gasteiger partial charge on any atom is 0.354 e. The molecule has 104 valence electrons. The van der Waals surface area contributed by atoms with Crippen LogP contribution in [-0.4, -0.2) is 26.9 Å². The summed E-state index contributed by atoms with van der Waals surface area (Å²) >= 11 is 1.18. The molecule has 1 unspecified atom stereocenters. The first kappa shape index (κ1) is 14.0. The van der Waals surface area contributed by atoms with Crippen LogP contribution in [0.4, 0.5) is 5.82 Å². The van der Waals surface area contributed by atoms with Crippen molar-refractivity contribution in [2.24, 2.45) is 0 Å². The second-order valence-corrected chi connectivity index (χ2v) is 4.93. The predicted octanol–water partition coefficient (Wildman–Crippen LogP) is 1.65. The predicted molar refractivity (Wildman–Crippen MR) is 69.3 cm³/mol. The number of imidazole rings is 1. The summed E-state index contributed by atoms with van der Waals surface area (Å²) in [5.41, 5.74) is -2.01. The SMILES string of the molecule is CCOC(=O)C(C)(C#N)c1nc2sccn2c1[N+](=O)[O-]. The van der Waals surface area contributed by atoms with Gasteiger partial charge in [-0.2, -0.15) is 14.6 Å². The molecular formula is C11H10N4O4S. The minimum absolute atomic E-state index is 0.0755. The molecule has 0 fully saturated rings. The van der Waals surface area contributed by atoms with Gasteiger partial charge in [-0.3, -0.25) is 0 Å². The van der Waals surface area contributed by atoms with E-state index in [1.165, 1.54) is 28.9 Å². The van der Waals surface area contributed by atoms with Crippen molar-refractivity contribution in [3.05, 3.63) is 27.4 Å². The van der Waals surface area contributed by atoms with Crippen molar-refractivity contribution in [2.45, 2.75) is 19.3 Å². The van der Waals surface area contributed by atoms with Gasteiger partial charge >= 0.3 is 11.8 Å². The molecule has 0 aromatic carbocycles. The van der Waals surface area contributed by atoms with E-state index in [1.54, 1.807) is 18.4 Å². The van der Waals surface area contributed by atoms with Crippen LogP contribution < -0.4 is 0 Å². The lowest BCUT2D eigenvalue weighted by atomic mass is 9.88. The molecule has 2 aromatic heterocycles. The lowest BCUT2D eigenvalue weighted by Gasteiger charge is -2.16. The van der Waals surface area contributed by atoms with Crippen molar-refractivity contribution in [2.75, 3.05) is 6.61 Å². The monoisotopic (exact) mass is 294 g/mol. The minimum Gasteiger partial charge on any atom is -0.465 e. The van der Waals surface area contributed by atoms with Crippen LogP contribution in [0.1, 0.15) is 19.5 Å². The zero-order chi connectivity index (χ0) is 14.9. The number of nitrogens with zero attached hydrogens (tertiary/aromatic N) is 4. The molecule has 0 spiro atoms. The number of esters is 1. The van der Waals surface area contributed by atoms with Gasteiger partial charge in [-0.25, -0.2) is 4.79 Å². The summed E-state index contributed by atoms with van der Waals surface area (Å²) in [5.74, 6) is -1.24. The van der Waals surface area contributed by atoms with Gasteiger partial charge in [0, 0.05) is 5.38 Å². The maximum atomic E-state index is 12.0. The van der Waals surface area contributed by atoms with Gasteiger partial charge in [0.15, 0.2) is 5.69 Å². The third-order valence-corrected chi connectivity index (χ3v) is 3.55. The van der Waals surface area contributed by atoms with E-state index < -0.39 is 22.1 Å². The quantitative estimate of drug-likeness (QED) is 0.481. The highest BCUT2D eigenvalue weighted by atomic mass is 32.1. The van der Waals surface area contributed by atoms with Gasteiger partial charge in [0.1, 0.15) is 6.20 Å². The fourth-order valence-corrected chi connectivity index (χ4v) is 2.46. The number of ether oxygens (including phenoxy) is 1. The smallest absolute Gasteiger partial charge is 0.354 e. The second kappa shape index (κ2) is 4.90. The topological polar surface area (TPSA) is 111 Å². The Labute approximate surface area is 117 Å². The van der Waals surface area contributed by atoms with Crippen molar-refractivity contribution in [1.29, 1.82) is 5.26 Å². The van der Waals surface area contributed by atoms with Gasteiger partial charge < -0.3 is 14.9 Å². The number of hydrogen-bond donors (Lipinski definition) is 0. The number of rotatable bonds is 4. The zero-order valence-electron chi connectivity index (χ0n) is 10.7. The Morgan fingerprint density at radius 3 is 3.00 bits per heavy atom. The molecule has 9 heteroatoms. The highest BCUT2D eigenvalue weighted by Gasteiger charge is 2.46. The van der Waals surface area contributed by atoms with Crippen LogP contribution in [0, 0.1) is 21.4 Å². The molecule has 0 amide bonds. The molecule has 0 saturated heterocycles. The first-order chi connectivity index (χ1) is 9.45. The van der Waals surface area contributed by atoms with E-state index in [-0.39, 0.29) is 12.3 Å². The standard InChI is InChI=1S/C11H10N4O4S/c1-3-19-9(16)11(2,6-12)7-8(15(17)18)14-4-5-20-10(14)13-7/h4-5H,3H2,1-2H3. The van der Waals surface area contributed by atoms with Crippen LogP contribution in [0.15, 0.2) is 11.6 Å². The van der Waals surface area contributed by atoms with Gasteiger partial charge in [-0.05, 0) is 18.8 Å². The van der Waals surface area contributed by atoms with Gasteiger partial charge in [0.05, 0.1) is 12.7 Å². The first-order valence-corrected chi connectivity index (χ1v) is 6.52. The molecule has 0 radical (unpaired) electrons. The fraction of sp³-hybridized carbons (Fsp3) is 0.364. The molecule has 1 atom stereocenters. The largest absolute Gasteiger partial charge is 0.465 e. The van der Waals surface area contributed by atoms with E-state index in [0.29, 0.717) is 4.96 Å². The molecule has 0 N–H and O–H groups in total. The van der Waals surface area contributed by atoms with Crippen molar-refractivity contribution in [3.8, 4) is 6.07 Å². The molecular weight excluding hydrogens is 284 g/mol. The van der Waals surface area contributed by atoms with Crippen molar-refractivity contribution >= 4 is 28.1 Å². The van der Waals surface area contributed by atoms with E-state index in [9.17, 15) is 20.2 Å². The second-order valence-electron chi connectivity index (χ2n) is 4.05. The average molecular weight is 294 g/mol. The molecule has 0 aliphatic carbocycles. The van der Waals surface area contributed by atoms with Crippen molar-refractivity contribution in [1.82, 2.24) is 9.38 Å². The Balaban J connectivity index is 2.69. The van der Waals surface area contributed by atoms with Gasteiger partial charge in [-0.1, -0.05) is 11.3 Å². The van der Waals surface area contributed by atoms with Gasteiger partial charge in [0.25, 0.3) is 4.96 Å². The van der Waals surface area contributed by atoms with Crippen LogP contribution in [-0.2, 0) is 14.9 Å². The maximum absolute atomic E-state index is 12.0. The van der Waals surface area contributed by atoms with Crippen molar-refractivity contribution < 1.29 is 14.5 Å². The Morgan fingerprint density at radius 2 is 2.45 bits per heavy atom. The van der Waals surface area contributed by atoms with E-state index in [0.717, 1.165) is 0 Å². The molecule has 0 aliphatic rings. The number of thiazole rings is 1. The highest BCUT2D eigenvalue weighted by Crippen LogP contribution is 2.34. The molecule has 8 nitrogen and oxygen atoms in total. The van der Waals surface area contributed by atoms with Crippen LogP contribution in [0.25, 0.3) is 4.96 Å². The van der Waals surface area contributed by atoms with Gasteiger partial charge in [0.2, 0.25) is 5.41 Å². The van der Waals surface area contributed by atoms with E-state index in [1.807, 2.05) is 0 Å². The average Bonchev–Trinajstić information content (AvgIpc) is 2.97. The van der Waals surface area contributed by atoms with Crippen LogP contribution in [0.2, 0.25) is 0 Å².